The van der Waals surface area contributed by atoms with E-state index in [2.05, 4.69) is 10.4 Å². The van der Waals surface area contributed by atoms with E-state index in [9.17, 15) is 14.0 Å². The van der Waals surface area contributed by atoms with Crippen molar-refractivity contribution in [1.29, 1.82) is 5.26 Å². The van der Waals surface area contributed by atoms with Crippen LogP contribution in [0.5, 0.6) is 0 Å². The molecule has 2 aliphatic rings. The van der Waals surface area contributed by atoms with Crippen molar-refractivity contribution in [1.82, 2.24) is 9.78 Å². The summed E-state index contributed by atoms with van der Waals surface area (Å²) in [4.78, 5) is 25.5. The SMILES string of the molecule is N#Cc1ccc(NC(=O)C2Cc3c(C(N)=O)c(-c4cccc(F)c4)nn3C3(CC3)C2)cc1. The third-order valence-corrected chi connectivity index (χ3v) is 6.32. The molecule has 2 heterocycles. The Hall–Kier alpha value is -3.99. The van der Waals surface area contributed by atoms with Gasteiger partial charge in [-0.3, -0.25) is 14.3 Å². The maximum atomic E-state index is 13.8. The number of rotatable bonds is 4. The Morgan fingerprint density at radius 1 is 1.22 bits per heavy atom. The Kier molecular flexibility index (Phi) is 4.55. The quantitative estimate of drug-likeness (QED) is 0.662. The summed E-state index contributed by atoms with van der Waals surface area (Å²) in [5.74, 6) is -1.59. The highest BCUT2D eigenvalue weighted by atomic mass is 19.1. The number of amides is 2. The Labute approximate surface area is 183 Å². The van der Waals surface area contributed by atoms with Crippen molar-refractivity contribution in [2.75, 3.05) is 5.32 Å². The molecule has 0 bridgehead atoms. The zero-order chi connectivity index (χ0) is 22.5. The second-order valence-corrected chi connectivity index (χ2v) is 8.46. The number of primary amides is 1. The fraction of sp³-hybridized carbons (Fsp3) is 0.250. The summed E-state index contributed by atoms with van der Waals surface area (Å²) < 4.78 is 15.7. The highest BCUT2D eigenvalue weighted by Gasteiger charge is 2.53. The summed E-state index contributed by atoms with van der Waals surface area (Å²) in [6.07, 6.45) is 2.61. The van der Waals surface area contributed by atoms with Gasteiger partial charge in [0.15, 0.2) is 0 Å². The maximum Gasteiger partial charge on any atom is 0.252 e. The van der Waals surface area contributed by atoms with Crippen molar-refractivity contribution in [2.24, 2.45) is 11.7 Å². The van der Waals surface area contributed by atoms with Crippen LogP contribution in [0.3, 0.4) is 0 Å². The van der Waals surface area contributed by atoms with Gasteiger partial charge in [-0.2, -0.15) is 10.4 Å². The van der Waals surface area contributed by atoms with Crippen LogP contribution in [-0.4, -0.2) is 21.6 Å². The molecule has 1 unspecified atom stereocenters. The molecule has 2 aromatic carbocycles. The number of carbonyl (C=O) groups excluding carboxylic acids is 2. The minimum Gasteiger partial charge on any atom is -0.365 e. The lowest BCUT2D eigenvalue weighted by Crippen LogP contribution is -2.37. The minimum absolute atomic E-state index is 0.156. The summed E-state index contributed by atoms with van der Waals surface area (Å²) >= 11 is 0. The highest BCUT2D eigenvalue weighted by Crippen LogP contribution is 2.53. The van der Waals surface area contributed by atoms with Gasteiger partial charge in [-0.15, -0.1) is 0 Å². The van der Waals surface area contributed by atoms with Crippen molar-refractivity contribution < 1.29 is 14.0 Å². The molecule has 7 nitrogen and oxygen atoms in total. The lowest BCUT2D eigenvalue weighted by atomic mass is 9.87. The predicted molar refractivity (Wildman–Crippen MR) is 115 cm³/mol. The predicted octanol–water partition coefficient (Wildman–Crippen LogP) is 3.35. The van der Waals surface area contributed by atoms with Crippen LogP contribution in [0.4, 0.5) is 10.1 Å². The number of halogens is 1. The fourth-order valence-electron chi connectivity index (χ4n) is 4.60. The highest BCUT2D eigenvalue weighted by molar-refractivity contribution is 6.01. The molecule has 0 saturated heterocycles. The average Bonchev–Trinajstić information content (AvgIpc) is 3.42. The van der Waals surface area contributed by atoms with Crippen molar-refractivity contribution in [3.8, 4) is 17.3 Å². The zero-order valence-electron chi connectivity index (χ0n) is 17.1. The van der Waals surface area contributed by atoms with Gasteiger partial charge >= 0.3 is 0 Å². The number of nitrogens with one attached hydrogen (secondary N) is 1. The molecule has 1 aliphatic carbocycles. The summed E-state index contributed by atoms with van der Waals surface area (Å²) in [7, 11) is 0. The van der Waals surface area contributed by atoms with Gasteiger partial charge in [0.2, 0.25) is 5.91 Å². The Bertz CT molecular complexity index is 1280. The van der Waals surface area contributed by atoms with Gasteiger partial charge in [0.1, 0.15) is 11.5 Å². The molecule has 1 fully saturated rings. The number of hydrogen-bond donors (Lipinski definition) is 2. The molecular formula is C24H20FN5O2. The van der Waals surface area contributed by atoms with Crippen molar-refractivity contribution in [3.63, 3.8) is 0 Å². The number of nitrogens with zero attached hydrogens (tertiary/aromatic N) is 3. The molecule has 3 N–H and O–H groups in total. The lowest BCUT2D eigenvalue weighted by molar-refractivity contribution is -0.121. The van der Waals surface area contributed by atoms with Crippen LogP contribution in [0, 0.1) is 23.1 Å². The van der Waals surface area contributed by atoms with Gasteiger partial charge < -0.3 is 11.1 Å². The Morgan fingerprint density at radius 3 is 2.59 bits per heavy atom. The minimum atomic E-state index is -0.644. The second-order valence-electron chi connectivity index (χ2n) is 8.46. The molecule has 1 spiro atoms. The van der Waals surface area contributed by atoms with E-state index >= 15 is 0 Å². The van der Waals surface area contributed by atoms with E-state index in [1.807, 2.05) is 10.8 Å². The number of nitriles is 1. The van der Waals surface area contributed by atoms with E-state index in [0.29, 0.717) is 41.0 Å². The zero-order valence-corrected chi connectivity index (χ0v) is 17.1. The van der Waals surface area contributed by atoms with Gasteiger partial charge in [-0.05, 0) is 55.7 Å². The van der Waals surface area contributed by atoms with Crippen LogP contribution in [0.1, 0.15) is 40.9 Å². The third kappa shape index (κ3) is 3.32. The topological polar surface area (TPSA) is 114 Å². The third-order valence-electron chi connectivity index (χ3n) is 6.32. The molecule has 2 amide bonds. The Balaban J connectivity index is 1.50. The molecule has 32 heavy (non-hydrogen) atoms. The summed E-state index contributed by atoms with van der Waals surface area (Å²) in [6.45, 7) is 0. The van der Waals surface area contributed by atoms with E-state index in [1.54, 1.807) is 36.4 Å². The fourth-order valence-corrected chi connectivity index (χ4v) is 4.60. The first-order chi connectivity index (χ1) is 15.4. The van der Waals surface area contributed by atoms with Gasteiger partial charge in [0.25, 0.3) is 5.91 Å². The number of carbonyl (C=O) groups is 2. The molecule has 3 aromatic rings. The van der Waals surface area contributed by atoms with Crippen molar-refractivity contribution in [2.45, 2.75) is 31.2 Å². The van der Waals surface area contributed by atoms with Gasteiger partial charge in [-0.25, -0.2) is 4.39 Å². The van der Waals surface area contributed by atoms with Crippen molar-refractivity contribution in [3.05, 3.63) is 71.2 Å². The number of hydrogen-bond acceptors (Lipinski definition) is 4. The largest absolute Gasteiger partial charge is 0.365 e. The molecule has 5 rings (SSSR count). The van der Waals surface area contributed by atoms with E-state index < -0.39 is 11.7 Å². The summed E-state index contributed by atoms with van der Waals surface area (Å²) in [5.41, 5.74) is 8.23. The smallest absolute Gasteiger partial charge is 0.252 e. The van der Waals surface area contributed by atoms with E-state index in [1.165, 1.54) is 12.1 Å². The van der Waals surface area contributed by atoms with Crippen LogP contribution in [-0.2, 0) is 16.8 Å². The Morgan fingerprint density at radius 2 is 1.97 bits per heavy atom. The molecule has 160 valence electrons. The number of benzene rings is 2. The van der Waals surface area contributed by atoms with Crippen LogP contribution >= 0.6 is 0 Å². The number of anilines is 1. The first kappa shape index (κ1) is 19.9. The summed E-state index contributed by atoms with van der Waals surface area (Å²) in [5, 5.41) is 16.5. The summed E-state index contributed by atoms with van der Waals surface area (Å²) in [6, 6.07) is 14.6. The first-order valence-electron chi connectivity index (χ1n) is 10.4. The van der Waals surface area contributed by atoms with Crippen LogP contribution < -0.4 is 11.1 Å². The normalized spacial score (nSPS) is 17.9. The molecular weight excluding hydrogens is 409 g/mol. The van der Waals surface area contributed by atoms with Crippen molar-refractivity contribution >= 4 is 17.5 Å². The number of nitrogens with two attached hydrogens (primary N) is 1. The van der Waals surface area contributed by atoms with Crippen LogP contribution in [0.25, 0.3) is 11.3 Å². The first-order valence-corrected chi connectivity index (χ1v) is 10.4. The standard InChI is InChI=1S/C24H20FN5O2/c25-17-3-1-2-15(10-17)21-20(22(27)31)19-11-16(12-24(8-9-24)30(19)29-21)23(32)28-18-6-4-14(13-26)5-7-18/h1-7,10,16H,8-9,11-12H2,(H2,27,31)(H,28,32). The number of aromatic nitrogens is 2. The molecule has 1 aliphatic heterocycles. The molecule has 1 saturated carbocycles. The van der Waals surface area contributed by atoms with E-state index in [0.717, 1.165) is 12.8 Å². The molecule has 0 radical (unpaired) electrons. The van der Waals surface area contributed by atoms with Gasteiger partial charge in [0.05, 0.1) is 28.4 Å². The van der Waals surface area contributed by atoms with E-state index in [4.69, 9.17) is 11.0 Å². The number of fused-ring (bicyclic) bond motifs is 2. The van der Waals surface area contributed by atoms with Crippen LogP contribution in [0.15, 0.2) is 48.5 Å². The lowest BCUT2D eigenvalue weighted by Gasteiger charge is -2.30. The average molecular weight is 429 g/mol. The van der Waals surface area contributed by atoms with Gasteiger partial charge in [0, 0.05) is 23.6 Å². The van der Waals surface area contributed by atoms with Crippen LogP contribution in [0.2, 0.25) is 0 Å². The molecule has 8 heteroatoms. The maximum absolute atomic E-state index is 13.8. The molecule has 1 aromatic heterocycles. The van der Waals surface area contributed by atoms with Gasteiger partial charge in [-0.1, -0.05) is 12.1 Å². The van der Waals surface area contributed by atoms with E-state index in [-0.39, 0.29) is 22.9 Å². The monoisotopic (exact) mass is 429 g/mol. The second kappa shape index (κ2) is 7.31. The molecule has 1 atom stereocenters.